The molecule has 3 atom stereocenters. The minimum absolute atomic E-state index is 0.145. The molecule has 1 saturated carbocycles. The van der Waals surface area contributed by atoms with Gasteiger partial charge in [-0.1, -0.05) is 20.8 Å². The maximum Gasteiger partial charge on any atom is 0.225 e. The molecule has 0 aromatic rings. The summed E-state index contributed by atoms with van der Waals surface area (Å²) in [7, 11) is 0. The fourth-order valence-corrected chi connectivity index (χ4v) is 3.34. The van der Waals surface area contributed by atoms with Gasteiger partial charge in [0.25, 0.3) is 0 Å². The van der Waals surface area contributed by atoms with Crippen LogP contribution in [0.4, 0.5) is 0 Å². The molecule has 3 unspecified atom stereocenters. The minimum Gasteiger partial charge on any atom is -0.393 e. The lowest BCUT2D eigenvalue weighted by atomic mass is 9.71. The van der Waals surface area contributed by atoms with Crippen molar-refractivity contribution < 1.29 is 9.90 Å². The third-order valence-electron chi connectivity index (χ3n) is 4.64. The number of nitrogens with zero attached hydrogens (tertiary/aromatic N) is 1. The van der Waals surface area contributed by atoms with E-state index in [9.17, 15) is 9.90 Å². The molecule has 0 aromatic carbocycles. The van der Waals surface area contributed by atoms with E-state index in [4.69, 9.17) is 0 Å². The molecule has 17 heavy (non-hydrogen) atoms. The highest BCUT2D eigenvalue weighted by Gasteiger charge is 2.42. The van der Waals surface area contributed by atoms with Crippen LogP contribution in [0.2, 0.25) is 0 Å². The molecule has 1 amide bonds. The van der Waals surface area contributed by atoms with Gasteiger partial charge < -0.3 is 10.0 Å². The van der Waals surface area contributed by atoms with Gasteiger partial charge in [0.1, 0.15) is 0 Å². The van der Waals surface area contributed by atoms with Crippen LogP contribution in [-0.2, 0) is 4.79 Å². The molecule has 1 aliphatic heterocycles. The van der Waals surface area contributed by atoms with E-state index in [1.54, 1.807) is 0 Å². The van der Waals surface area contributed by atoms with Crippen molar-refractivity contribution in [2.24, 2.45) is 11.3 Å². The van der Waals surface area contributed by atoms with Crippen LogP contribution in [0.15, 0.2) is 0 Å². The summed E-state index contributed by atoms with van der Waals surface area (Å²) < 4.78 is 0. The lowest BCUT2D eigenvalue weighted by Crippen LogP contribution is -2.55. The Morgan fingerprint density at radius 2 is 2.06 bits per heavy atom. The van der Waals surface area contributed by atoms with Gasteiger partial charge in [0.2, 0.25) is 5.91 Å². The molecule has 3 nitrogen and oxygen atoms in total. The summed E-state index contributed by atoms with van der Waals surface area (Å²) in [6.45, 7) is 7.37. The molecule has 1 saturated heterocycles. The molecule has 0 aromatic heterocycles. The number of piperidine rings is 1. The van der Waals surface area contributed by atoms with Gasteiger partial charge in [-0.2, -0.15) is 0 Å². The van der Waals surface area contributed by atoms with Crippen LogP contribution in [0.5, 0.6) is 0 Å². The van der Waals surface area contributed by atoms with E-state index in [1.807, 2.05) is 6.92 Å². The Hall–Kier alpha value is -0.570. The quantitative estimate of drug-likeness (QED) is 0.762. The normalized spacial score (nSPS) is 38.2. The zero-order valence-corrected chi connectivity index (χ0v) is 11.3. The van der Waals surface area contributed by atoms with E-state index in [1.165, 1.54) is 0 Å². The first-order valence-electron chi connectivity index (χ1n) is 6.90. The molecular weight excluding hydrogens is 214 g/mol. The first-order valence-corrected chi connectivity index (χ1v) is 6.90. The fourth-order valence-electron chi connectivity index (χ4n) is 3.34. The van der Waals surface area contributed by atoms with E-state index in [0.717, 1.165) is 38.6 Å². The van der Waals surface area contributed by atoms with E-state index in [2.05, 4.69) is 18.7 Å². The van der Waals surface area contributed by atoms with Gasteiger partial charge in [0, 0.05) is 18.5 Å². The summed E-state index contributed by atoms with van der Waals surface area (Å²) in [4.78, 5) is 14.3. The monoisotopic (exact) mass is 239 g/mol. The number of aliphatic hydroxyl groups excluding tert-OH is 1. The number of hydrogen-bond donors (Lipinski definition) is 1. The molecule has 2 aliphatic rings. The van der Waals surface area contributed by atoms with Crippen molar-refractivity contribution in [2.45, 2.75) is 65.0 Å². The van der Waals surface area contributed by atoms with Gasteiger partial charge in [-0.15, -0.1) is 0 Å². The lowest BCUT2D eigenvalue weighted by Gasteiger charge is -2.48. The SMILES string of the molecule is CC1CCCN(C2CC(O)CCC2(C)C)C1=O. The Balaban J connectivity index is 2.15. The number of aliphatic hydroxyl groups is 1. The average molecular weight is 239 g/mol. The Labute approximate surface area is 104 Å². The third-order valence-corrected chi connectivity index (χ3v) is 4.64. The summed E-state index contributed by atoms with van der Waals surface area (Å²) in [6.07, 6.45) is 4.54. The van der Waals surface area contributed by atoms with Gasteiger partial charge in [-0.05, 0) is 37.5 Å². The molecule has 2 rings (SSSR count). The topological polar surface area (TPSA) is 40.5 Å². The standard InChI is InChI=1S/C14H25NO2/c1-10-5-4-8-15(13(10)17)12-9-11(16)6-7-14(12,2)3/h10-12,16H,4-9H2,1-3H3. The second kappa shape index (κ2) is 4.60. The molecular formula is C14H25NO2. The predicted octanol–water partition coefficient (Wildman–Crippen LogP) is 2.18. The van der Waals surface area contributed by atoms with Crippen LogP contribution in [0.25, 0.3) is 0 Å². The smallest absolute Gasteiger partial charge is 0.225 e. The predicted molar refractivity (Wildman–Crippen MR) is 67.5 cm³/mol. The zero-order chi connectivity index (χ0) is 12.6. The van der Waals surface area contributed by atoms with E-state index in [0.29, 0.717) is 5.91 Å². The van der Waals surface area contributed by atoms with Gasteiger partial charge in [-0.3, -0.25) is 4.79 Å². The highest BCUT2D eigenvalue weighted by atomic mass is 16.3. The molecule has 2 fully saturated rings. The van der Waals surface area contributed by atoms with Crippen LogP contribution in [0.1, 0.15) is 52.9 Å². The van der Waals surface area contributed by atoms with Crippen molar-refractivity contribution in [2.75, 3.05) is 6.54 Å². The highest BCUT2D eigenvalue weighted by molar-refractivity contribution is 5.79. The van der Waals surface area contributed by atoms with E-state index >= 15 is 0 Å². The second-order valence-electron chi connectivity index (χ2n) is 6.51. The molecule has 0 bridgehead atoms. The third kappa shape index (κ3) is 2.49. The second-order valence-corrected chi connectivity index (χ2v) is 6.51. The van der Waals surface area contributed by atoms with E-state index in [-0.39, 0.29) is 23.5 Å². The number of likely N-dealkylation sites (tertiary alicyclic amines) is 1. The zero-order valence-electron chi connectivity index (χ0n) is 11.3. The van der Waals surface area contributed by atoms with Crippen molar-refractivity contribution in [3.05, 3.63) is 0 Å². The van der Waals surface area contributed by atoms with Gasteiger partial charge in [-0.25, -0.2) is 0 Å². The average Bonchev–Trinajstić information content (AvgIpc) is 2.26. The molecule has 1 N–H and O–H groups in total. The Bertz CT molecular complexity index is 301. The number of rotatable bonds is 1. The molecule has 98 valence electrons. The summed E-state index contributed by atoms with van der Waals surface area (Å²) in [5, 5.41) is 9.86. The number of amides is 1. The van der Waals surface area contributed by atoms with Crippen molar-refractivity contribution >= 4 is 5.91 Å². The van der Waals surface area contributed by atoms with Crippen LogP contribution >= 0.6 is 0 Å². The molecule has 1 aliphatic carbocycles. The van der Waals surface area contributed by atoms with Gasteiger partial charge in [0.05, 0.1) is 6.10 Å². The maximum atomic E-state index is 12.3. The number of carbonyl (C=O) groups excluding carboxylic acids is 1. The lowest BCUT2D eigenvalue weighted by molar-refractivity contribution is -0.146. The van der Waals surface area contributed by atoms with Crippen LogP contribution in [0.3, 0.4) is 0 Å². The van der Waals surface area contributed by atoms with Gasteiger partial charge >= 0.3 is 0 Å². The van der Waals surface area contributed by atoms with Crippen molar-refractivity contribution in [1.29, 1.82) is 0 Å². The first kappa shape index (κ1) is 12.9. The molecule has 0 radical (unpaired) electrons. The van der Waals surface area contributed by atoms with Gasteiger partial charge in [0.15, 0.2) is 0 Å². The number of carbonyl (C=O) groups is 1. The van der Waals surface area contributed by atoms with Crippen molar-refractivity contribution in [1.82, 2.24) is 4.90 Å². The summed E-state index contributed by atoms with van der Waals surface area (Å²) in [5.74, 6) is 0.460. The largest absolute Gasteiger partial charge is 0.393 e. The highest BCUT2D eigenvalue weighted by Crippen LogP contribution is 2.40. The Morgan fingerprint density at radius 3 is 2.76 bits per heavy atom. The van der Waals surface area contributed by atoms with Crippen LogP contribution < -0.4 is 0 Å². The summed E-state index contributed by atoms with van der Waals surface area (Å²) in [5.41, 5.74) is 0.145. The van der Waals surface area contributed by atoms with Crippen molar-refractivity contribution in [3.8, 4) is 0 Å². The Morgan fingerprint density at radius 1 is 1.35 bits per heavy atom. The maximum absolute atomic E-state index is 12.3. The van der Waals surface area contributed by atoms with Crippen molar-refractivity contribution in [3.63, 3.8) is 0 Å². The fraction of sp³-hybridized carbons (Fsp3) is 0.929. The summed E-state index contributed by atoms with van der Waals surface area (Å²) >= 11 is 0. The molecule has 0 spiro atoms. The molecule has 3 heteroatoms. The Kier molecular flexibility index (Phi) is 3.48. The molecule has 1 heterocycles. The first-order chi connectivity index (χ1) is 7.92. The van der Waals surface area contributed by atoms with Crippen LogP contribution in [-0.4, -0.2) is 34.6 Å². The van der Waals surface area contributed by atoms with E-state index < -0.39 is 0 Å². The summed E-state index contributed by atoms with van der Waals surface area (Å²) in [6, 6.07) is 0.224. The number of hydrogen-bond acceptors (Lipinski definition) is 2. The van der Waals surface area contributed by atoms with Crippen LogP contribution in [0, 0.1) is 11.3 Å². The minimum atomic E-state index is -0.224.